The number of nitrogens with zero attached hydrogens (tertiary/aromatic N) is 2. The topological polar surface area (TPSA) is 62.6 Å². The average molecular weight is 268 g/mol. The summed E-state index contributed by atoms with van der Waals surface area (Å²) >= 11 is 0. The van der Waals surface area contributed by atoms with Crippen LogP contribution in [0.25, 0.3) is 0 Å². The molecular weight excluding hydrogens is 244 g/mol. The molecule has 2 atom stereocenters. The predicted octanol–water partition coefficient (Wildman–Crippen LogP) is 1.58. The van der Waals surface area contributed by atoms with Crippen molar-refractivity contribution in [3.05, 3.63) is 0 Å². The Bertz CT molecular complexity index is 325. The van der Waals surface area contributed by atoms with Gasteiger partial charge in [0.2, 0.25) is 5.91 Å². The maximum Gasteiger partial charge on any atom is 0.226 e. The molecule has 1 fully saturated rings. The van der Waals surface area contributed by atoms with Gasteiger partial charge < -0.3 is 14.4 Å². The zero-order chi connectivity index (χ0) is 14.3. The number of ether oxygens (including phenoxy) is 2. The van der Waals surface area contributed by atoms with Gasteiger partial charge in [-0.1, -0.05) is 13.8 Å². The summed E-state index contributed by atoms with van der Waals surface area (Å²) in [6.07, 6.45) is 1.50. The molecule has 1 rings (SSSR count). The molecule has 1 saturated heterocycles. The van der Waals surface area contributed by atoms with Gasteiger partial charge in [-0.25, -0.2) is 0 Å². The Morgan fingerprint density at radius 1 is 1.53 bits per heavy atom. The highest BCUT2D eigenvalue weighted by molar-refractivity contribution is 5.77. The van der Waals surface area contributed by atoms with Crippen LogP contribution < -0.4 is 0 Å². The molecule has 0 aromatic carbocycles. The zero-order valence-electron chi connectivity index (χ0n) is 12.1. The van der Waals surface area contributed by atoms with Crippen LogP contribution in [-0.4, -0.2) is 49.3 Å². The van der Waals surface area contributed by atoms with Crippen LogP contribution in [-0.2, 0) is 14.3 Å². The number of hydrogen-bond donors (Lipinski definition) is 0. The second kappa shape index (κ2) is 8.13. The fourth-order valence-corrected chi connectivity index (χ4v) is 2.23. The fraction of sp³-hybridized carbons (Fsp3) is 0.857. The third-order valence-electron chi connectivity index (χ3n) is 3.12. The van der Waals surface area contributed by atoms with Gasteiger partial charge in [0.25, 0.3) is 0 Å². The summed E-state index contributed by atoms with van der Waals surface area (Å²) in [6.45, 7) is 8.06. The second-order valence-electron chi connectivity index (χ2n) is 5.37. The van der Waals surface area contributed by atoms with Crippen LogP contribution in [0.2, 0.25) is 0 Å². The van der Waals surface area contributed by atoms with Gasteiger partial charge in [-0.3, -0.25) is 4.79 Å². The van der Waals surface area contributed by atoms with E-state index in [1.165, 1.54) is 0 Å². The molecule has 19 heavy (non-hydrogen) atoms. The summed E-state index contributed by atoms with van der Waals surface area (Å²) in [5.74, 6) is 0.569. The molecule has 0 saturated carbocycles. The smallest absolute Gasteiger partial charge is 0.226 e. The van der Waals surface area contributed by atoms with E-state index in [9.17, 15) is 4.79 Å². The molecule has 0 spiro atoms. The number of nitriles is 1. The number of amides is 1. The van der Waals surface area contributed by atoms with Crippen LogP contribution in [0.4, 0.5) is 0 Å². The third-order valence-corrected chi connectivity index (χ3v) is 3.12. The molecule has 0 aliphatic carbocycles. The first-order chi connectivity index (χ1) is 9.04. The lowest BCUT2D eigenvalue weighted by Gasteiger charge is -2.31. The van der Waals surface area contributed by atoms with Crippen molar-refractivity contribution in [3.8, 4) is 6.07 Å². The minimum absolute atomic E-state index is 0.0217. The molecule has 0 radical (unpaired) electrons. The molecule has 0 bridgehead atoms. The maximum absolute atomic E-state index is 12.0. The van der Waals surface area contributed by atoms with E-state index >= 15 is 0 Å². The molecule has 1 amide bonds. The highest BCUT2D eigenvalue weighted by Gasteiger charge is 2.26. The SMILES string of the molecule is CC(C)CC(C)OCCC(=O)N1CCOCC1C#N. The standard InChI is InChI=1S/C14H24N2O3/c1-11(2)8-12(3)19-6-4-14(17)16-5-7-18-10-13(16)9-15/h11-13H,4-8,10H2,1-3H3. The Hall–Kier alpha value is -1.12. The number of morpholine rings is 1. The van der Waals surface area contributed by atoms with Gasteiger partial charge in [0.15, 0.2) is 0 Å². The second-order valence-corrected chi connectivity index (χ2v) is 5.37. The van der Waals surface area contributed by atoms with Crippen molar-refractivity contribution in [1.29, 1.82) is 5.26 Å². The molecule has 0 aromatic rings. The van der Waals surface area contributed by atoms with E-state index in [1.807, 2.05) is 6.92 Å². The zero-order valence-corrected chi connectivity index (χ0v) is 12.1. The van der Waals surface area contributed by atoms with E-state index in [0.717, 1.165) is 6.42 Å². The predicted molar refractivity (Wildman–Crippen MR) is 71.4 cm³/mol. The average Bonchev–Trinajstić information content (AvgIpc) is 2.37. The molecule has 1 heterocycles. The molecule has 0 aromatic heterocycles. The number of carbonyl (C=O) groups excluding carboxylic acids is 1. The van der Waals surface area contributed by atoms with Crippen LogP contribution in [0.3, 0.4) is 0 Å². The summed E-state index contributed by atoms with van der Waals surface area (Å²) in [4.78, 5) is 13.6. The van der Waals surface area contributed by atoms with Gasteiger partial charge in [0, 0.05) is 6.54 Å². The monoisotopic (exact) mass is 268 g/mol. The minimum Gasteiger partial charge on any atom is -0.378 e. The van der Waals surface area contributed by atoms with Gasteiger partial charge in [-0.15, -0.1) is 0 Å². The highest BCUT2D eigenvalue weighted by atomic mass is 16.5. The van der Waals surface area contributed by atoms with Crippen molar-refractivity contribution in [2.75, 3.05) is 26.4 Å². The van der Waals surface area contributed by atoms with E-state index in [2.05, 4.69) is 19.9 Å². The Balaban J connectivity index is 2.28. The van der Waals surface area contributed by atoms with E-state index in [-0.39, 0.29) is 12.0 Å². The lowest BCUT2D eigenvalue weighted by atomic mass is 10.1. The highest BCUT2D eigenvalue weighted by Crippen LogP contribution is 2.10. The van der Waals surface area contributed by atoms with Crippen molar-refractivity contribution in [1.82, 2.24) is 4.90 Å². The van der Waals surface area contributed by atoms with Gasteiger partial charge in [-0.05, 0) is 19.3 Å². The van der Waals surface area contributed by atoms with E-state index in [4.69, 9.17) is 14.7 Å². The summed E-state index contributed by atoms with van der Waals surface area (Å²) < 4.78 is 10.8. The lowest BCUT2D eigenvalue weighted by Crippen LogP contribution is -2.48. The van der Waals surface area contributed by atoms with Crippen molar-refractivity contribution in [3.63, 3.8) is 0 Å². The van der Waals surface area contributed by atoms with Crippen molar-refractivity contribution in [2.24, 2.45) is 5.92 Å². The normalized spacial score (nSPS) is 21.2. The van der Waals surface area contributed by atoms with Gasteiger partial charge in [0.05, 0.1) is 38.4 Å². The summed E-state index contributed by atoms with van der Waals surface area (Å²) in [5.41, 5.74) is 0. The van der Waals surface area contributed by atoms with E-state index < -0.39 is 6.04 Å². The molecule has 5 heteroatoms. The molecule has 1 aliphatic heterocycles. The minimum atomic E-state index is -0.450. The number of rotatable bonds is 6. The largest absolute Gasteiger partial charge is 0.378 e. The maximum atomic E-state index is 12.0. The molecular formula is C14H24N2O3. The van der Waals surface area contributed by atoms with Gasteiger partial charge in [0.1, 0.15) is 6.04 Å². The Labute approximate surface area is 115 Å². The Morgan fingerprint density at radius 3 is 2.89 bits per heavy atom. The fourth-order valence-electron chi connectivity index (χ4n) is 2.23. The van der Waals surface area contributed by atoms with Crippen LogP contribution >= 0.6 is 0 Å². The Morgan fingerprint density at radius 2 is 2.26 bits per heavy atom. The quantitative estimate of drug-likeness (QED) is 0.733. The summed E-state index contributed by atoms with van der Waals surface area (Å²) in [6, 6.07) is 1.65. The van der Waals surface area contributed by atoms with Gasteiger partial charge >= 0.3 is 0 Å². The van der Waals surface area contributed by atoms with Gasteiger partial charge in [-0.2, -0.15) is 5.26 Å². The van der Waals surface area contributed by atoms with Crippen molar-refractivity contribution >= 4 is 5.91 Å². The van der Waals surface area contributed by atoms with E-state index in [0.29, 0.717) is 38.7 Å². The van der Waals surface area contributed by atoms with Crippen molar-refractivity contribution < 1.29 is 14.3 Å². The molecule has 0 N–H and O–H groups in total. The first-order valence-electron chi connectivity index (χ1n) is 6.93. The van der Waals surface area contributed by atoms with Crippen molar-refractivity contribution in [2.45, 2.75) is 45.8 Å². The molecule has 108 valence electrons. The van der Waals surface area contributed by atoms with Crippen LogP contribution in [0.15, 0.2) is 0 Å². The number of hydrogen-bond acceptors (Lipinski definition) is 4. The number of carbonyl (C=O) groups is 1. The first-order valence-corrected chi connectivity index (χ1v) is 6.93. The summed E-state index contributed by atoms with van der Waals surface area (Å²) in [5, 5.41) is 8.97. The Kier molecular flexibility index (Phi) is 6.82. The van der Waals surface area contributed by atoms with E-state index in [1.54, 1.807) is 4.90 Å². The van der Waals surface area contributed by atoms with Crippen LogP contribution in [0, 0.1) is 17.2 Å². The molecule has 2 unspecified atom stereocenters. The van der Waals surface area contributed by atoms with Crippen LogP contribution in [0.5, 0.6) is 0 Å². The van der Waals surface area contributed by atoms with Crippen LogP contribution in [0.1, 0.15) is 33.6 Å². The molecule has 1 aliphatic rings. The summed E-state index contributed by atoms with van der Waals surface area (Å²) in [7, 11) is 0. The molecule has 5 nitrogen and oxygen atoms in total. The third kappa shape index (κ3) is 5.58. The first kappa shape index (κ1) is 15.9. The lowest BCUT2D eigenvalue weighted by molar-refractivity contribution is -0.139.